The van der Waals surface area contributed by atoms with Gasteiger partial charge in [0, 0.05) is 11.6 Å². The van der Waals surface area contributed by atoms with E-state index in [1.807, 2.05) is 43.3 Å². The number of benzene rings is 4. The minimum absolute atomic E-state index is 0.0364. The number of carbonyl (C=O) groups excluding carboxylic acids is 1. The summed E-state index contributed by atoms with van der Waals surface area (Å²) in [5, 5.41) is 0.279. The predicted molar refractivity (Wildman–Crippen MR) is 140 cm³/mol. The number of rotatable bonds is 8. The van der Waals surface area contributed by atoms with Crippen molar-refractivity contribution in [2.45, 2.75) is 20.1 Å². The summed E-state index contributed by atoms with van der Waals surface area (Å²) in [5.74, 6) is 1.72. The topological polar surface area (TPSA) is 54.0 Å². The lowest BCUT2D eigenvalue weighted by Crippen LogP contribution is -2.15. The van der Waals surface area contributed by atoms with Crippen LogP contribution in [0.5, 0.6) is 23.0 Å². The molecule has 0 atom stereocenters. The van der Waals surface area contributed by atoms with Crippen LogP contribution in [0.1, 0.15) is 27.0 Å². The number of halogens is 2. The number of aldehydes is 1. The number of hydrogen-bond acceptors (Lipinski definition) is 5. The SMILES string of the molecule is Cc1c(COc2cc(OCc3ccccc3F)c(C=O)cc2Cl)cccc1-c1ccc2c(c1)OCCO2. The van der Waals surface area contributed by atoms with Crippen LogP contribution in [0.25, 0.3) is 11.1 Å². The van der Waals surface area contributed by atoms with Crippen molar-refractivity contribution in [3.8, 4) is 34.1 Å². The van der Waals surface area contributed by atoms with Crippen LogP contribution in [0.4, 0.5) is 4.39 Å². The van der Waals surface area contributed by atoms with Gasteiger partial charge in [-0.1, -0.05) is 54.1 Å². The lowest BCUT2D eigenvalue weighted by molar-refractivity contribution is 0.111. The highest BCUT2D eigenvalue weighted by molar-refractivity contribution is 6.32. The van der Waals surface area contributed by atoms with Gasteiger partial charge in [-0.25, -0.2) is 4.39 Å². The van der Waals surface area contributed by atoms with Gasteiger partial charge in [0.05, 0.1) is 10.6 Å². The van der Waals surface area contributed by atoms with Crippen LogP contribution in [0.15, 0.2) is 72.8 Å². The molecule has 4 aromatic rings. The summed E-state index contributed by atoms with van der Waals surface area (Å²) in [6.07, 6.45) is 0.646. The molecule has 37 heavy (non-hydrogen) atoms. The molecule has 0 bridgehead atoms. The molecule has 4 aromatic carbocycles. The first-order chi connectivity index (χ1) is 18.0. The van der Waals surface area contributed by atoms with Gasteiger partial charge in [-0.2, -0.15) is 0 Å². The molecule has 0 fully saturated rings. The Bertz CT molecular complexity index is 1450. The van der Waals surface area contributed by atoms with Crippen LogP contribution in [0.3, 0.4) is 0 Å². The van der Waals surface area contributed by atoms with E-state index in [0.717, 1.165) is 33.8 Å². The van der Waals surface area contributed by atoms with Crippen molar-refractivity contribution in [1.82, 2.24) is 0 Å². The van der Waals surface area contributed by atoms with E-state index in [2.05, 4.69) is 0 Å². The zero-order valence-corrected chi connectivity index (χ0v) is 20.9. The lowest BCUT2D eigenvalue weighted by atomic mass is 9.96. The van der Waals surface area contributed by atoms with Gasteiger partial charge in [-0.05, 0) is 53.4 Å². The maximum Gasteiger partial charge on any atom is 0.161 e. The van der Waals surface area contributed by atoms with Gasteiger partial charge in [-0.3, -0.25) is 4.79 Å². The van der Waals surface area contributed by atoms with Crippen LogP contribution in [-0.4, -0.2) is 19.5 Å². The highest BCUT2D eigenvalue weighted by Gasteiger charge is 2.16. The van der Waals surface area contributed by atoms with Gasteiger partial charge in [0.25, 0.3) is 0 Å². The highest BCUT2D eigenvalue weighted by atomic mass is 35.5. The fraction of sp³-hybridized carbons (Fsp3) is 0.167. The minimum Gasteiger partial charge on any atom is -0.488 e. The van der Waals surface area contributed by atoms with E-state index < -0.39 is 0 Å². The summed E-state index contributed by atoms with van der Waals surface area (Å²) in [6.45, 7) is 3.32. The van der Waals surface area contributed by atoms with E-state index >= 15 is 0 Å². The van der Waals surface area contributed by atoms with Crippen molar-refractivity contribution in [3.63, 3.8) is 0 Å². The third-order valence-corrected chi connectivity index (χ3v) is 6.51. The van der Waals surface area contributed by atoms with Gasteiger partial charge in [-0.15, -0.1) is 0 Å². The van der Waals surface area contributed by atoms with Gasteiger partial charge in [0.2, 0.25) is 0 Å². The third kappa shape index (κ3) is 5.39. The first-order valence-electron chi connectivity index (χ1n) is 11.8. The lowest BCUT2D eigenvalue weighted by Gasteiger charge is -2.20. The van der Waals surface area contributed by atoms with E-state index in [9.17, 15) is 9.18 Å². The zero-order chi connectivity index (χ0) is 25.8. The molecule has 5 rings (SSSR count). The first-order valence-corrected chi connectivity index (χ1v) is 12.2. The molecule has 1 aliphatic heterocycles. The Hall–Kier alpha value is -4.03. The maximum absolute atomic E-state index is 14.0. The van der Waals surface area contributed by atoms with Crippen molar-refractivity contribution in [2.24, 2.45) is 0 Å². The normalized spacial score (nSPS) is 12.2. The number of fused-ring (bicyclic) bond motifs is 1. The molecule has 7 heteroatoms. The fourth-order valence-electron chi connectivity index (χ4n) is 4.17. The Morgan fingerprint density at radius 1 is 0.865 bits per heavy atom. The van der Waals surface area contributed by atoms with Crippen molar-refractivity contribution in [3.05, 3.63) is 106 Å². The molecule has 0 aliphatic carbocycles. The summed E-state index contributed by atoms with van der Waals surface area (Å²) < 4.78 is 37.2. The average Bonchev–Trinajstić information content (AvgIpc) is 2.92. The third-order valence-electron chi connectivity index (χ3n) is 6.21. The molecule has 0 unspecified atom stereocenters. The maximum atomic E-state index is 14.0. The number of carbonyl (C=O) groups is 1. The predicted octanol–water partition coefficient (Wildman–Crippen LogP) is 7.20. The monoisotopic (exact) mass is 518 g/mol. The van der Waals surface area contributed by atoms with Crippen molar-refractivity contribution in [1.29, 1.82) is 0 Å². The fourth-order valence-corrected chi connectivity index (χ4v) is 4.39. The summed E-state index contributed by atoms with van der Waals surface area (Å²) >= 11 is 6.40. The highest BCUT2D eigenvalue weighted by Crippen LogP contribution is 2.37. The molecule has 0 amide bonds. The molecule has 5 nitrogen and oxygen atoms in total. The first kappa shape index (κ1) is 24.7. The number of hydrogen-bond donors (Lipinski definition) is 0. The molecular weight excluding hydrogens is 495 g/mol. The van der Waals surface area contributed by atoms with E-state index in [1.165, 1.54) is 12.1 Å². The van der Waals surface area contributed by atoms with E-state index in [-0.39, 0.29) is 35.4 Å². The molecule has 1 heterocycles. The standard InChI is InChI=1S/C30H24ClFO5/c1-19-21(6-4-7-24(19)20-9-10-27-30(14-20)35-12-11-34-27)17-37-29-15-28(23(16-33)13-25(29)31)36-18-22-5-2-3-8-26(22)32/h2-10,13-16H,11-12,17-18H2,1H3. The van der Waals surface area contributed by atoms with Gasteiger partial charge >= 0.3 is 0 Å². The molecule has 0 N–H and O–H groups in total. The summed E-state index contributed by atoms with van der Waals surface area (Å²) in [6, 6.07) is 21.3. The summed E-state index contributed by atoms with van der Waals surface area (Å²) in [7, 11) is 0. The number of ether oxygens (including phenoxy) is 4. The smallest absolute Gasteiger partial charge is 0.161 e. The molecule has 188 valence electrons. The largest absolute Gasteiger partial charge is 0.488 e. The van der Waals surface area contributed by atoms with Crippen LogP contribution < -0.4 is 18.9 Å². The summed E-state index contributed by atoms with van der Waals surface area (Å²) in [4.78, 5) is 11.6. The second kappa shape index (κ2) is 10.9. The second-order valence-electron chi connectivity index (χ2n) is 8.56. The van der Waals surface area contributed by atoms with Crippen molar-refractivity contribution in [2.75, 3.05) is 13.2 Å². The Kier molecular flexibility index (Phi) is 7.28. The molecule has 0 radical (unpaired) electrons. The molecule has 0 saturated carbocycles. The van der Waals surface area contributed by atoms with Crippen LogP contribution in [0.2, 0.25) is 5.02 Å². The molecule has 0 saturated heterocycles. The second-order valence-corrected chi connectivity index (χ2v) is 8.96. The van der Waals surface area contributed by atoms with Gasteiger partial charge in [0.1, 0.15) is 43.7 Å². The van der Waals surface area contributed by atoms with Crippen molar-refractivity contribution >= 4 is 17.9 Å². The van der Waals surface area contributed by atoms with E-state index in [4.69, 9.17) is 30.5 Å². The Balaban J connectivity index is 1.35. The quantitative estimate of drug-likeness (QED) is 0.231. The van der Waals surface area contributed by atoms with Gasteiger partial charge in [0.15, 0.2) is 17.8 Å². The molecule has 0 aromatic heterocycles. The van der Waals surface area contributed by atoms with Crippen molar-refractivity contribution < 1.29 is 28.1 Å². The van der Waals surface area contributed by atoms with Crippen LogP contribution in [0, 0.1) is 12.7 Å². The van der Waals surface area contributed by atoms with Gasteiger partial charge < -0.3 is 18.9 Å². The molecule has 0 spiro atoms. The Morgan fingerprint density at radius 3 is 2.41 bits per heavy atom. The van der Waals surface area contributed by atoms with E-state index in [0.29, 0.717) is 30.8 Å². The summed E-state index contributed by atoms with van der Waals surface area (Å²) in [5.41, 5.74) is 4.72. The minimum atomic E-state index is -0.381. The van der Waals surface area contributed by atoms with Crippen LogP contribution >= 0.6 is 11.6 Å². The molecular formula is C30H24ClFO5. The Labute approximate surface area is 219 Å². The molecule has 1 aliphatic rings. The zero-order valence-electron chi connectivity index (χ0n) is 20.1. The Morgan fingerprint density at radius 2 is 1.59 bits per heavy atom. The van der Waals surface area contributed by atoms with Crippen LogP contribution in [-0.2, 0) is 13.2 Å². The van der Waals surface area contributed by atoms with E-state index in [1.54, 1.807) is 24.3 Å². The average molecular weight is 519 g/mol.